The molecule has 0 saturated heterocycles. The lowest BCUT2D eigenvalue weighted by Gasteiger charge is -2.03. The van der Waals surface area contributed by atoms with E-state index in [2.05, 4.69) is 0 Å². The number of rotatable bonds is 3. The van der Waals surface area contributed by atoms with E-state index in [0.717, 1.165) is 11.3 Å². The van der Waals surface area contributed by atoms with Crippen molar-refractivity contribution < 1.29 is 8.42 Å². The van der Waals surface area contributed by atoms with E-state index in [1.54, 1.807) is 35.7 Å². The van der Waals surface area contributed by atoms with Crippen molar-refractivity contribution in [2.24, 2.45) is 0 Å². The van der Waals surface area contributed by atoms with Crippen molar-refractivity contribution in [3.63, 3.8) is 0 Å². The second-order valence-corrected chi connectivity index (χ2v) is 7.60. The molecule has 7 heteroatoms. The monoisotopic (exact) mass is 343 g/mol. The molecule has 0 bridgehead atoms. The minimum Gasteiger partial charge on any atom is -0.217 e. The summed E-state index contributed by atoms with van der Waals surface area (Å²) in [6.07, 6.45) is 1.19. The summed E-state index contributed by atoms with van der Waals surface area (Å²) in [7, 11) is -3.84. The maximum Gasteiger partial charge on any atom is 0.226 e. The Kier molecular flexibility index (Phi) is 4.51. The van der Waals surface area contributed by atoms with Crippen LogP contribution in [0.3, 0.4) is 0 Å². The van der Waals surface area contributed by atoms with Crippen molar-refractivity contribution in [1.82, 2.24) is 0 Å². The highest BCUT2D eigenvalue weighted by Gasteiger charge is 2.22. The number of hydrogen-bond acceptors (Lipinski definition) is 4. The molecule has 20 heavy (non-hydrogen) atoms. The molecular formula is C13H7Cl2NO2S2. The summed E-state index contributed by atoms with van der Waals surface area (Å²) in [4.78, 5) is -0.394. The molecule has 0 atom stereocenters. The second kappa shape index (κ2) is 5.98. The molecule has 0 unspecified atom stereocenters. The average Bonchev–Trinajstić information content (AvgIpc) is 2.92. The number of sulfone groups is 1. The number of hydrogen-bond donors (Lipinski definition) is 0. The van der Waals surface area contributed by atoms with Crippen LogP contribution in [0.25, 0.3) is 6.08 Å². The molecule has 0 radical (unpaired) electrons. The van der Waals surface area contributed by atoms with Gasteiger partial charge in [-0.25, -0.2) is 8.42 Å². The quantitative estimate of drug-likeness (QED) is 0.776. The standard InChI is InChI=1S/C13H7Cl2NO2S2/c14-11-3-1-4-12(15)10(11)7-9(8-16)20(17,18)13-5-2-6-19-13/h1-7H/b9-7-. The molecule has 0 fully saturated rings. The third-order valence-electron chi connectivity index (χ3n) is 2.43. The number of halogens is 2. The Morgan fingerprint density at radius 1 is 1.20 bits per heavy atom. The van der Waals surface area contributed by atoms with Crippen molar-refractivity contribution in [2.75, 3.05) is 0 Å². The molecule has 1 aromatic carbocycles. The van der Waals surface area contributed by atoms with Gasteiger partial charge in [0.05, 0.1) is 0 Å². The maximum atomic E-state index is 12.3. The van der Waals surface area contributed by atoms with Crippen molar-refractivity contribution >= 4 is 50.5 Å². The van der Waals surface area contributed by atoms with E-state index >= 15 is 0 Å². The Morgan fingerprint density at radius 2 is 1.85 bits per heavy atom. The molecule has 1 heterocycles. The van der Waals surface area contributed by atoms with Gasteiger partial charge in [-0.2, -0.15) is 5.26 Å². The van der Waals surface area contributed by atoms with Crippen molar-refractivity contribution in [2.45, 2.75) is 4.21 Å². The summed E-state index contributed by atoms with van der Waals surface area (Å²) < 4.78 is 24.7. The van der Waals surface area contributed by atoms with Crippen LogP contribution < -0.4 is 0 Å². The van der Waals surface area contributed by atoms with Crippen molar-refractivity contribution in [1.29, 1.82) is 5.26 Å². The van der Waals surface area contributed by atoms with Gasteiger partial charge in [0.25, 0.3) is 0 Å². The Bertz CT molecular complexity index is 783. The normalized spacial score (nSPS) is 12.2. The molecule has 3 nitrogen and oxygen atoms in total. The van der Waals surface area contributed by atoms with Gasteiger partial charge in [0, 0.05) is 15.6 Å². The van der Waals surface area contributed by atoms with E-state index < -0.39 is 14.7 Å². The first-order valence-electron chi connectivity index (χ1n) is 5.31. The first-order chi connectivity index (χ1) is 9.46. The Balaban J connectivity index is 2.60. The largest absolute Gasteiger partial charge is 0.226 e. The lowest BCUT2D eigenvalue weighted by Crippen LogP contribution is -2.01. The Morgan fingerprint density at radius 3 is 2.35 bits per heavy atom. The second-order valence-electron chi connectivity index (χ2n) is 3.69. The van der Waals surface area contributed by atoms with E-state index in [1.807, 2.05) is 0 Å². The molecule has 0 aliphatic carbocycles. The lowest BCUT2D eigenvalue weighted by molar-refractivity contribution is 0.605. The number of nitriles is 1. The predicted octanol–water partition coefficient (Wildman–Crippen LogP) is 4.39. The van der Waals surface area contributed by atoms with Gasteiger partial charge in [-0.05, 0) is 29.7 Å². The summed E-state index contributed by atoms with van der Waals surface area (Å²) >= 11 is 13.0. The van der Waals surface area contributed by atoms with Crippen LogP contribution in [0, 0.1) is 11.3 Å². The van der Waals surface area contributed by atoms with Gasteiger partial charge >= 0.3 is 0 Å². The fourth-order valence-corrected chi connectivity index (χ4v) is 4.24. The van der Waals surface area contributed by atoms with Crippen LogP contribution in [0.15, 0.2) is 44.8 Å². The number of benzene rings is 1. The molecule has 2 aromatic rings. The van der Waals surface area contributed by atoms with E-state index in [1.165, 1.54) is 12.1 Å². The highest BCUT2D eigenvalue weighted by Crippen LogP contribution is 2.30. The minimum atomic E-state index is -3.84. The number of thiophene rings is 1. The maximum absolute atomic E-state index is 12.3. The zero-order chi connectivity index (χ0) is 14.8. The summed E-state index contributed by atoms with van der Waals surface area (Å²) in [6, 6.07) is 9.54. The lowest BCUT2D eigenvalue weighted by atomic mass is 10.2. The molecule has 0 aliphatic rings. The van der Waals surface area contributed by atoms with Crippen LogP contribution in [0.5, 0.6) is 0 Å². The smallest absolute Gasteiger partial charge is 0.217 e. The highest BCUT2D eigenvalue weighted by molar-refractivity contribution is 7.97. The summed E-state index contributed by atoms with van der Waals surface area (Å²) in [5, 5.41) is 11.3. The van der Waals surface area contributed by atoms with Crippen LogP contribution in [0.2, 0.25) is 10.0 Å². The molecule has 102 valence electrons. The molecule has 2 rings (SSSR count). The van der Waals surface area contributed by atoms with Crippen LogP contribution in [-0.4, -0.2) is 8.42 Å². The third kappa shape index (κ3) is 2.89. The average molecular weight is 344 g/mol. The Labute approximate surface area is 130 Å². The van der Waals surface area contributed by atoms with E-state index in [4.69, 9.17) is 28.5 Å². The van der Waals surface area contributed by atoms with Gasteiger partial charge in [0.15, 0.2) is 4.91 Å². The topological polar surface area (TPSA) is 57.9 Å². The first kappa shape index (κ1) is 15.1. The number of allylic oxidation sites excluding steroid dienone is 1. The van der Waals surface area contributed by atoms with Gasteiger partial charge in [-0.1, -0.05) is 35.3 Å². The molecule has 1 aromatic heterocycles. The van der Waals surface area contributed by atoms with E-state index in [-0.39, 0.29) is 14.3 Å². The van der Waals surface area contributed by atoms with E-state index in [0.29, 0.717) is 5.56 Å². The first-order valence-corrected chi connectivity index (χ1v) is 8.43. The SMILES string of the molecule is N#C/C(=C/c1c(Cl)cccc1Cl)S(=O)(=O)c1cccs1. The fraction of sp³-hybridized carbons (Fsp3) is 0. The highest BCUT2D eigenvalue weighted by atomic mass is 35.5. The minimum absolute atomic E-state index is 0.105. The van der Waals surface area contributed by atoms with Gasteiger partial charge < -0.3 is 0 Å². The molecule has 0 spiro atoms. The van der Waals surface area contributed by atoms with Crippen LogP contribution in [0.1, 0.15) is 5.56 Å². The third-order valence-corrected chi connectivity index (χ3v) is 6.16. The van der Waals surface area contributed by atoms with Crippen LogP contribution in [-0.2, 0) is 9.84 Å². The molecule has 0 amide bonds. The van der Waals surface area contributed by atoms with Crippen LogP contribution >= 0.6 is 34.5 Å². The molecule has 0 N–H and O–H groups in total. The summed E-state index contributed by atoms with van der Waals surface area (Å²) in [5.41, 5.74) is 0.313. The molecule has 0 aliphatic heterocycles. The van der Waals surface area contributed by atoms with Gasteiger partial charge in [-0.15, -0.1) is 11.3 Å². The van der Waals surface area contributed by atoms with E-state index in [9.17, 15) is 8.42 Å². The van der Waals surface area contributed by atoms with Crippen LogP contribution in [0.4, 0.5) is 0 Å². The van der Waals surface area contributed by atoms with Gasteiger partial charge in [0.2, 0.25) is 9.84 Å². The summed E-state index contributed by atoms with van der Waals surface area (Å²) in [5.74, 6) is 0. The number of nitrogens with zero attached hydrogens (tertiary/aromatic N) is 1. The molecular weight excluding hydrogens is 337 g/mol. The van der Waals surface area contributed by atoms with Gasteiger partial charge in [-0.3, -0.25) is 0 Å². The Hall–Kier alpha value is -1.32. The zero-order valence-electron chi connectivity index (χ0n) is 9.88. The summed E-state index contributed by atoms with van der Waals surface area (Å²) in [6.45, 7) is 0. The molecule has 0 saturated carbocycles. The van der Waals surface area contributed by atoms with Crippen molar-refractivity contribution in [3.05, 3.63) is 56.2 Å². The predicted molar refractivity (Wildman–Crippen MR) is 81.6 cm³/mol. The van der Waals surface area contributed by atoms with Crippen molar-refractivity contribution in [3.8, 4) is 6.07 Å². The fourth-order valence-electron chi connectivity index (χ4n) is 1.47. The van der Waals surface area contributed by atoms with Gasteiger partial charge in [0.1, 0.15) is 10.3 Å². The zero-order valence-corrected chi connectivity index (χ0v) is 13.0.